The Morgan fingerprint density at radius 2 is 1.96 bits per heavy atom. The first-order valence-electron chi connectivity index (χ1n) is 9.13. The van der Waals surface area contributed by atoms with Crippen molar-refractivity contribution in [3.05, 3.63) is 54.2 Å². The zero-order chi connectivity index (χ0) is 19.1. The highest BCUT2D eigenvalue weighted by Crippen LogP contribution is 2.13. The topological polar surface area (TPSA) is 94.2 Å². The fourth-order valence-electron chi connectivity index (χ4n) is 2.97. The van der Waals surface area contributed by atoms with Gasteiger partial charge in [-0.05, 0) is 36.8 Å². The molecule has 0 radical (unpaired) electrons. The first-order chi connectivity index (χ1) is 13.2. The van der Waals surface area contributed by atoms with Crippen LogP contribution in [0.1, 0.15) is 29.1 Å². The summed E-state index contributed by atoms with van der Waals surface area (Å²) in [7, 11) is 0. The highest BCUT2D eigenvalue weighted by atomic mass is 16.3. The summed E-state index contributed by atoms with van der Waals surface area (Å²) in [6, 6.07) is 6.96. The molecule has 8 nitrogen and oxygen atoms in total. The lowest BCUT2D eigenvalue weighted by molar-refractivity contribution is 0.0657. The molecule has 144 valence electrons. The molecule has 1 saturated heterocycles. The van der Waals surface area contributed by atoms with Gasteiger partial charge in [0.2, 0.25) is 0 Å². The molecular formula is C19H25N5O3. The van der Waals surface area contributed by atoms with Crippen LogP contribution in [0, 0.1) is 0 Å². The molecule has 0 bridgehead atoms. The van der Waals surface area contributed by atoms with Gasteiger partial charge in [0.1, 0.15) is 0 Å². The Morgan fingerprint density at radius 1 is 1.26 bits per heavy atom. The van der Waals surface area contributed by atoms with E-state index in [1.54, 1.807) is 41.6 Å². The number of furan rings is 1. The van der Waals surface area contributed by atoms with Gasteiger partial charge in [0.05, 0.1) is 18.9 Å². The number of pyridine rings is 1. The van der Waals surface area contributed by atoms with Gasteiger partial charge in [-0.3, -0.25) is 14.8 Å². The Balaban J connectivity index is 1.58. The van der Waals surface area contributed by atoms with E-state index in [4.69, 9.17) is 4.42 Å². The number of nitrogens with one attached hydrogen (secondary N) is 1. The highest BCUT2D eigenvalue weighted by Gasteiger charge is 2.25. The SMILES string of the molecule is CCNC(=NCC(O)c1ccncc1)N1CCN(C(=O)c2ccco2)CC1. The quantitative estimate of drug-likeness (QED) is 0.604. The van der Waals surface area contributed by atoms with Gasteiger partial charge in [0, 0.05) is 45.1 Å². The molecule has 0 saturated carbocycles. The molecule has 1 amide bonds. The van der Waals surface area contributed by atoms with Gasteiger partial charge in [-0.25, -0.2) is 0 Å². The third-order valence-corrected chi connectivity index (χ3v) is 4.44. The molecule has 2 aromatic rings. The molecule has 1 atom stereocenters. The fraction of sp³-hybridized carbons (Fsp3) is 0.421. The monoisotopic (exact) mass is 371 g/mol. The second-order valence-electron chi connectivity index (χ2n) is 6.25. The lowest BCUT2D eigenvalue weighted by atomic mass is 10.1. The van der Waals surface area contributed by atoms with Crippen LogP contribution in [-0.4, -0.2) is 71.0 Å². The molecule has 1 fully saturated rings. The smallest absolute Gasteiger partial charge is 0.289 e. The molecule has 27 heavy (non-hydrogen) atoms. The molecule has 3 heterocycles. The maximum Gasteiger partial charge on any atom is 0.289 e. The number of aromatic nitrogens is 1. The second-order valence-corrected chi connectivity index (χ2v) is 6.25. The Bertz CT molecular complexity index is 740. The summed E-state index contributed by atoms with van der Waals surface area (Å²) in [4.78, 5) is 24.8. The van der Waals surface area contributed by atoms with E-state index in [-0.39, 0.29) is 12.5 Å². The van der Waals surface area contributed by atoms with Crippen molar-refractivity contribution in [1.82, 2.24) is 20.1 Å². The standard InChI is InChI=1S/C19H25N5O3/c1-2-21-19(22-14-16(25)15-5-7-20-8-6-15)24-11-9-23(10-12-24)18(26)17-4-3-13-27-17/h3-8,13,16,25H,2,9-12,14H2,1H3,(H,21,22). The minimum atomic E-state index is -0.677. The third-order valence-electron chi connectivity index (χ3n) is 4.44. The first-order valence-corrected chi connectivity index (χ1v) is 9.13. The number of aliphatic hydroxyl groups excluding tert-OH is 1. The minimum absolute atomic E-state index is 0.0882. The number of rotatable bonds is 5. The average molecular weight is 371 g/mol. The van der Waals surface area contributed by atoms with Crippen LogP contribution in [0.15, 0.2) is 52.3 Å². The van der Waals surface area contributed by atoms with Crippen molar-refractivity contribution in [2.45, 2.75) is 13.0 Å². The van der Waals surface area contributed by atoms with E-state index in [2.05, 4.69) is 20.2 Å². The van der Waals surface area contributed by atoms with Crippen LogP contribution in [0.5, 0.6) is 0 Å². The normalized spacial score (nSPS) is 16.3. The van der Waals surface area contributed by atoms with E-state index in [0.717, 1.165) is 18.1 Å². The number of guanidine groups is 1. The molecule has 0 aromatic carbocycles. The van der Waals surface area contributed by atoms with Crippen molar-refractivity contribution >= 4 is 11.9 Å². The van der Waals surface area contributed by atoms with Crippen LogP contribution in [0.4, 0.5) is 0 Å². The largest absolute Gasteiger partial charge is 0.459 e. The zero-order valence-corrected chi connectivity index (χ0v) is 15.4. The number of aliphatic hydroxyl groups is 1. The molecule has 3 rings (SSSR count). The maximum absolute atomic E-state index is 12.4. The number of hydrogen-bond acceptors (Lipinski definition) is 5. The highest BCUT2D eigenvalue weighted by molar-refractivity contribution is 5.91. The van der Waals surface area contributed by atoms with E-state index in [0.29, 0.717) is 31.9 Å². The van der Waals surface area contributed by atoms with E-state index in [9.17, 15) is 9.90 Å². The van der Waals surface area contributed by atoms with Gasteiger partial charge < -0.3 is 24.6 Å². The van der Waals surface area contributed by atoms with Gasteiger partial charge in [-0.2, -0.15) is 0 Å². The van der Waals surface area contributed by atoms with Crippen molar-refractivity contribution in [1.29, 1.82) is 0 Å². The average Bonchev–Trinajstić information content (AvgIpc) is 3.26. The first kappa shape index (κ1) is 18.9. The van der Waals surface area contributed by atoms with Crippen molar-refractivity contribution in [2.24, 2.45) is 4.99 Å². The van der Waals surface area contributed by atoms with E-state index >= 15 is 0 Å². The van der Waals surface area contributed by atoms with Gasteiger partial charge in [-0.1, -0.05) is 0 Å². The molecule has 0 spiro atoms. The Hall–Kier alpha value is -2.87. The van der Waals surface area contributed by atoms with Crippen molar-refractivity contribution in [3.63, 3.8) is 0 Å². The third kappa shape index (κ3) is 4.85. The van der Waals surface area contributed by atoms with Crippen molar-refractivity contribution in [3.8, 4) is 0 Å². The minimum Gasteiger partial charge on any atom is -0.459 e. The predicted octanol–water partition coefficient (Wildman–Crippen LogP) is 1.13. The van der Waals surface area contributed by atoms with Gasteiger partial charge in [0.15, 0.2) is 11.7 Å². The van der Waals surface area contributed by atoms with Gasteiger partial charge in [0.25, 0.3) is 5.91 Å². The van der Waals surface area contributed by atoms with Crippen LogP contribution in [-0.2, 0) is 0 Å². The van der Waals surface area contributed by atoms with E-state index in [1.165, 1.54) is 6.26 Å². The molecule has 1 unspecified atom stereocenters. The molecule has 0 aliphatic carbocycles. The summed E-state index contributed by atoms with van der Waals surface area (Å²) >= 11 is 0. The summed E-state index contributed by atoms with van der Waals surface area (Å²) in [5, 5.41) is 13.6. The number of carbonyl (C=O) groups is 1. The van der Waals surface area contributed by atoms with Crippen LogP contribution in [0.25, 0.3) is 0 Å². The fourth-order valence-corrected chi connectivity index (χ4v) is 2.97. The van der Waals surface area contributed by atoms with E-state index < -0.39 is 6.10 Å². The number of hydrogen-bond donors (Lipinski definition) is 2. The number of piperazine rings is 1. The van der Waals surface area contributed by atoms with Gasteiger partial charge in [-0.15, -0.1) is 0 Å². The van der Waals surface area contributed by atoms with Crippen LogP contribution >= 0.6 is 0 Å². The Labute approximate surface area is 158 Å². The Morgan fingerprint density at radius 3 is 2.59 bits per heavy atom. The molecular weight excluding hydrogens is 346 g/mol. The predicted molar refractivity (Wildman–Crippen MR) is 101 cm³/mol. The van der Waals surface area contributed by atoms with E-state index in [1.807, 2.05) is 6.92 Å². The van der Waals surface area contributed by atoms with Crippen LogP contribution < -0.4 is 5.32 Å². The lowest BCUT2D eigenvalue weighted by Gasteiger charge is -2.36. The molecule has 8 heteroatoms. The molecule has 2 N–H and O–H groups in total. The zero-order valence-electron chi connectivity index (χ0n) is 15.4. The van der Waals surface area contributed by atoms with Crippen molar-refractivity contribution < 1.29 is 14.3 Å². The van der Waals surface area contributed by atoms with Crippen LogP contribution in [0.3, 0.4) is 0 Å². The number of amides is 1. The molecule has 1 aliphatic heterocycles. The van der Waals surface area contributed by atoms with Crippen molar-refractivity contribution in [2.75, 3.05) is 39.3 Å². The Kier molecular flexibility index (Phi) is 6.43. The molecule has 1 aliphatic rings. The summed E-state index contributed by atoms with van der Waals surface area (Å²) < 4.78 is 5.20. The summed E-state index contributed by atoms with van der Waals surface area (Å²) in [6.07, 6.45) is 4.14. The summed E-state index contributed by atoms with van der Waals surface area (Å²) in [6.45, 7) is 5.53. The summed E-state index contributed by atoms with van der Waals surface area (Å²) in [5.74, 6) is 1.02. The second kappa shape index (κ2) is 9.18. The van der Waals surface area contributed by atoms with Crippen LogP contribution in [0.2, 0.25) is 0 Å². The maximum atomic E-state index is 12.4. The number of nitrogens with zero attached hydrogens (tertiary/aromatic N) is 4. The lowest BCUT2D eigenvalue weighted by Crippen LogP contribution is -2.53. The number of aliphatic imine (C=N–C) groups is 1. The number of carbonyl (C=O) groups excluding carboxylic acids is 1. The summed E-state index contributed by atoms with van der Waals surface area (Å²) in [5.41, 5.74) is 0.790. The van der Waals surface area contributed by atoms with Gasteiger partial charge >= 0.3 is 0 Å². The molecule has 2 aromatic heterocycles.